The Bertz CT molecular complexity index is 792. The average Bonchev–Trinajstić information content (AvgIpc) is 2.96. The van der Waals surface area contributed by atoms with Gasteiger partial charge < -0.3 is 9.88 Å². The summed E-state index contributed by atoms with van der Waals surface area (Å²) in [5.41, 5.74) is 0.616. The van der Waals surface area contributed by atoms with Gasteiger partial charge in [0.15, 0.2) is 0 Å². The van der Waals surface area contributed by atoms with Crippen LogP contribution in [0, 0.1) is 23.2 Å². The summed E-state index contributed by atoms with van der Waals surface area (Å²) in [7, 11) is -0.470. The number of nitrogens with zero attached hydrogens (tertiary/aromatic N) is 1. The third kappa shape index (κ3) is 2.89. The van der Waals surface area contributed by atoms with Crippen molar-refractivity contribution in [2.45, 2.75) is 56.4 Å². The highest BCUT2D eigenvalue weighted by Crippen LogP contribution is 2.61. The third-order valence-electron chi connectivity index (χ3n) is 7.14. The van der Waals surface area contributed by atoms with Gasteiger partial charge in [0.1, 0.15) is 10.6 Å². The molecule has 4 fully saturated rings. The van der Waals surface area contributed by atoms with Crippen molar-refractivity contribution in [1.29, 1.82) is 0 Å². The molecule has 1 aromatic rings. The van der Waals surface area contributed by atoms with Gasteiger partial charge in [0.25, 0.3) is 5.91 Å². The van der Waals surface area contributed by atoms with Gasteiger partial charge >= 0.3 is 0 Å². The Labute approximate surface area is 155 Å². The van der Waals surface area contributed by atoms with Gasteiger partial charge in [0, 0.05) is 19.3 Å². The summed E-state index contributed by atoms with van der Waals surface area (Å²) >= 11 is 0. The molecule has 6 nitrogen and oxygen atoms in total. The molecule has 4 aliphatic rings. The number of amides is 1. The van der Waals surface area contributed by atoms with Crippen molar-refractivity contribution in [2.24, 2.45) is 30.2 Å². The van der Waals surface area contributed by atoms with Crippen molar-refractivity contribution in [3.8, 4) is 0 Å². The zero-order valence-electron chi connectivity index (χ0n) is 15.8. The molecule has 1 unspecified atom stereocenters. The molecular weight excluding hydrogens is 350 g/mol. The molecule has 7 heteroatoms. The van der Waals surface area contributed by atoms with Crippen molar-refractivity contribution in [1.82, 2.24) is 14.6 Å². The number of nitrogens with one attached hydrogen (secondary N) is 2. The molecule has 4 aliphatic carbocycles. The predicted molar refractivity (Wildman–Crippen MR) is 99.2 cm³/mol. The van der Waals surface area contributed by atoms with Crippen molar-refractivity contribution >= 4 is 15.9 Å². The van der Waals surface area contributed by atoms with Gasteiger partial charge in [-0.2, -0.15) is 0 Å². The van der Waals surface area contributed by atoms with Crippen LogP contribution < -0.4 is 10.0 Å². The largest absolute Gasteiger partial charge is 0.348 e. The van der Waals surface area contributed by atoms with E-state index in [4.69, 9.17) is 0 Å². The number of rotatable bonds is 5. The summed E-state index contributed by atoms with van der Waals surface area (Å²) in [5, 5.41) is 3.20. The first-order valence-electron chi connectivity index (χ1n) is 9.63. The van der Waals surface area contributed by atoms with E-state index in [1.807, 2.05) is 0 Å². The van der Waals surface area contributed by atoms with E-state index in [1.165, 1.54) is 57.8 Å². The van der Waals surface area contributed by atoms with E-state index in [9.17, 15) is 13.2 Å². The Morgan fingerprint density at radius 1 is 1.19 bits per heavy atom. The highest BCUT2D eigenvalue weighted by molar-refractivity contribution is 7.89. The number of sulfonamides is 1. The Balaban J connectivity index is 1.52. The molecule has 144 valence electrons. The predicted octanol–water partition coefficient (Wildman–Crippen LogP) is 2.27. The second-order valence-corrected chi connectivity index (χ2v) is 10.7. The fourth-order valence-corrected chi connectivity index (χ4v) is 6.96. The van der Waals surface area contributed by atoms with E-state index in [-0.39, 0.29) is 22.3 Å². The maximum atomic E-state index is 12.9. The number of carbonyl (C=O) groups is 1. The average molecular weight is 380 g/mol. The number of aryl methyl sites for hydroxylation is 1. The smallest absolute Gasteiger partial charge is 0.268 e. The van der Waals surface area contributed by atoms with E-state index >= 15 is 0 Å². The molecule has 0 aliphatic heterocycles. The first-order valence-corrected chi connectivity index (χ1v) is 11.1. The van der Waals surface area contributed by atoms with E-state index in [0.717, 1.165) is 17.8 Å². The highest BCUT2D eigenvalue weighted by atomic mass is 32.2. The van der Waals surface area contributed by atoms with Crippen molar-refractivity contribution < 1.29 is 13.2 Å². The summed E-state index contributed by atoms with van der Waals surface area (Å²) in [5.74, 6) is 2.32. The molecule has 0 saturated heterocycles. The van der Waals surface area contributed by atoms with Crippen molar-refractivity contribution in [3.05, 3.63) is 18.0 Å². The standard InChI is InChI=1S/C19H29N3O3S/c1-12(19-8-13-4-14(9-19)6-15(5-13)10-19)21-18(23)17-7-16(11-22(17)3)26(24,25)20-2/h7,11-15,20H,4-6,8-10H2,1-3H3,(H,21,23). The van der Waals surface area contributed by atoms with Crippen molar-refractivity contribution in [2.75, 3.05) is 7.05 Å². The number of hydrogen-bond donors (Lipinski definition) is 2. The molecule has 1 atom stereocenters. The van der Waals surface area contributed by atoms with Gasteiger partial charge in [-0.15, -0.1) is 0 Å². The molecule has 1 aromatic heterocycles. The molecule has 26 heavy (non-hydrogen) atoms. The SMILES string of the molecule is CNS(=O)(=O)c1cc(C(=O)NC(C)C23CC4CC(CC(C4)C2)C3)n(C)c1. The van der Waals surface area contributed by atoms with Crippen LogP contribution in [-0.2, 0) is 17.1 Å². The van der Waals surface area contributed by atoms with Crippen LogP contribution in [0.15, 0.2) is 17.2 Å². The first kappa shape index (κ1) is 18.0. The van der Waals surface area contributed by atoms with Crippen LogP contribution in [0.25, 0.3) is 0 Å². The number of aromatic nitrogens is 1. The van der Waals surface area contributed by atoms with E-state index < -0.39 is 10.0 Å². The Morgan fingerprint density at radius 3 is 2.23 bits per heavy atom. The summed E-state index contributed by atoms with van der Waals surface area (Å²) in [6.45, 7) is 2.14. The zero-order valence-corrected chi connectivity index (χ0v) is 16.6. The van der Waals surface area contributed by atoms with Crippen LogP contribution in [0.2, 0.25) is 0 Å². The van der Waals surface area contributed by atoms with Crippen LogP contribution in [-0.4, -0.2) is 32.0 Å². The molecule has 4 bridgehead atoms. The van der Waals surface area contributed by atoms with E-state index in [1.54, 1.807) is 11.6 Å². The summed E-state index contributed by atoms with van der Waals surface area (Å²) < 4.78 is 27.9. The number of hydrogen-bond acceptors (Lipinski definition) is 3. The lowest BCUT2D eigenvalue weighted by molar-refractivity contribution is -0.0688. The van der Waals surface area contributed by atoms with Gasteiger partial charge in [0.2, 0.25) is 10.0 Å². The lowest BCUT2D eigenvalue weighted by Gasteiger charge is -2.59. The molecule has 0 aromatic carbocycles. The molecule has 1 heterocycles. The van der Waals surface area contributed by atoms with Crippen LogP contribution >= 0.6 is 0 Å². The monoisotopic (exact) mass is 379 g/mol. The topological polar surface area (TPSA) is 80.2 Å². The van der Waals surface area contributed by atoms with E-state index in [2.05, 4.69) is 17.0 Å². The Morgan fingerprint density at radius 2 is 1.73 bits per heavy atom. The van der Waals surface area contributed by atoms with E-state index in [0.29, 0.717) is 5.69 Å². The summed E-state index contributed by atoms with van der Waals surface area (Å²) in [4.78, 5) is 13.0. The van der Waals surface area contributed by atoms with Crippen LogP contribution in [0.1, 0.15) is 55.9 Å². The number of carbonyl (C=O) groups excluding carboxylic acids is 1. The van der Waals surface area contributed by atoms with Crippen molar-refractivity contribution in [3.63, 3.8) is 0 Å². The first-order chi connectivity index (χ1) is 12.2. The fourth-order valence-electron chi connectivity index (χ4n) is 6.16. The van der Waals surface area contributed by atoms with Crippen LogP contribution in [0.5, 0.6) is 0 Å². The highest BCUT2D eigenvalue weighted by Gasteiger charge is 2.53. The lowest BCUT2D eigenvalue weighted by atomic mass is 9.48. The minimum atomic E-state index is -3.55. The maximum absolute atomic E-state index is 12.9. The quantitative estimate of drug-likeness (QED) is 0.824. The second-order valence-electron chi connectivity index (χ2n) is 8.85. The molecule has 4 saturated carbocycles. The molecule has 0 radical (unpaired) electrons. The van der Waals surface area contributed by atoms with Gasteiger partial charge in [-0.3, -0.25) is 4.79 Å². The molecule has 2 N–H and O–H groups in total. The third-order valence-corrected chi connectivity index (χ3v) is 8.52. The Kier molecular flexibility index (Phi) is 4.23. The second kappa shape index (κ2) is 6.09. The normalized spacial score (nSPS) is 34.0. The summed E-state index contributed by atoms with van der Waals surface area (Å²) in [6, 6.07) is 1.57. The fraction of sp³-hybridized carbons (Fsp3) is 0.737. The lowest BCUT2D eigenvalue weighted by Crippen LogP contribution is -2.55. The molecule has 1 amide bonds. The van der Waals surface area contributed by atoms with Crippen LogP contribution in [0.3, 0.4) is 0 Å². The molecular formula is C19H29N3O3S. The Hall–Kier alpha value is -1.34. The van der Waals surface area contributed by atoms with Gasteiger partial charge in [-0.1, -0.05) is 0 Å². The van der Waals surface area contributed by atoms with Gasteiger partial charge in [-0.05, 0) is 81.7 Å². The summed E-state index contributed by atoms with van der Waals surface area (Å²) in [6.07, 6.45) is 9.30. The maximum Gasteiger partial charge on any atom is 0.268 e. The van der Waals surface area contributed by atoms with Gasteiger partial charge in [0.05, 0.1) is 0 Å². The van der Waals surface area contributed by atoms with Gasteiger partial charge in [-0.25, -0.2) is 13.1 Å². The minimum absolute atomic E-state index is 0.114. The zero-order chi connectivity index (χ0) is 18.7. The van der Waals surface area contributed by atoms with Crippen LogP contribution in [0.4, 0.5) is 0 Å². The molecule has 0 spiro atoms. The molecule has 5 rings (SSSR count). The minimum Gasteiger partial charge on any atom is -0.348 e.